The average molecular weight is 313 g/mol. The molecule has 0 spiro atoms. The Balaban J connectivity index is 2.90. The van der Waals surface area contributed by atoms with E-state index in [1.165, 1.54) is 6.07 Å². The van der Waals surface area contributed by atoms with Crippen molar-refractivity contribution in [2.75, 3.05) is 11.9 Å². The molecule has 0 saturated carbocycles. The molecule has 22 heavy (non-hydrogen) atoms. The summed E-state index contributed by atoms with van der Waals surface area (Å²) in [5.74, 6) is -1.57. The van der Waals surface area contributed by atoms with E-state index in [2.05, 4.69) is 10.1 Å². The van der Waals surface area contributed by atoms with Gasteiger partial charge in [-0.2, -0.15) is 0 Å². The standard InChI is InChI=1S/C15H20FNO5/c1-5-21-13(19)12(18)9-6-7-10(16)11(8-9)17-14(20)22-15(2,3)4/h6-8,12,18H,5H2,1-4H3,(H,17,20). The quantitative estimate of drug-likeness (QED) is 0.835. The van der Waals surface area contributed by atoms with E-state index >= 15 is 0 Å². The van der Waals surface area contributed by atoms with E-state index in [4.69, 9.17) is 4.74 Å². The monoisotopic (exact) mass is 313 g/mol. The van der Waals surface area contributed by atoms with Crippen LogP contribution in [0.15, 0.2) is 18.2 Å². The molecule has 1 aromatic rings. The summed E-state index contributed by atoms with van der Waals surface area (Å²) in [5, 5.41) is 12.0. The molecule has 2 N–H and O–H groups in total. The Morgan fingerprint density at radius 2 is 2.00 bits per heavy atom. The molecule has 1 rings (SSSR count). The van der Waals surface area contributed by atoms with E-state index in [9.17, 15) is 19.1 Å². The Morgan fingerprint density at radius 1 is 1.36 bits per heavy atom. The molecule has 0 saturated heterocycles. The smallest absolute Gasteiger partial charge is 0.412 e. The minimum atomic E-state index is -1.56. The van der Waals surface area contributed by atoms with Crippen LogP contribution in [0.1, 0.15) is 39.4 Å². The van der Waals surface area contributed by atoms with Crippen molar-refractivity contribution in [2.45, 2.75) is 39.4 Å². The number of aliphatic hydroxyl groups excluding tert-OH is 1. The van der Waals surface area contributed by atoms with Gasteiger partial charge < -0.3 is 14.6 Å². The highest BCUT2D eigenvalue weighted by molar-refractivity contribution is 5.85. The number of hydrogen-bond acceptors (Lipinski definition) is 5. The van der Waals surface area contributed by atoms with Crippen LogP contribution in [-0.4, -0.2) is 29.4 Å². The Hall–Kier alpha value is -2.15. The molecule has 0 heterocycles. The van der Waals surface area contributed by atoms with Gasteiger partial charge in [-0.05, 0) is 45.4 Å². The van der Waals surface area contributed by atoms with Gasteiger partial charge in [-0.25, -0.2) is 14.0 Å². The van der Waals surface area contributed by atoms with Gasteiger partial charge in [0.15, 0.2) is 6.10 Å². The summed E-state index contributed by atoms with van der Waals surface area (Å²) in [6, 6.07) is 3.42. The van der Waals surface area contributed by atoms with Gasteiger partial charge in [-0.3, -0.25) is 5.32 Å². The summed E-state index contributed by atoms with van der Waals surface area (Å²) in [6.45, 7) is 6.72. The lowest BCUT2D eigenvalue weighted by Gasteiger charge is -2.20. The maximum absolute atomic E-state index is 13.7. The lowest BCUT2D eigenvalue weighted by atomic mass is 10.1. The summed E-state index contributed by atoms with van der Waals surface area (Å²) < 4.78 is 23.4. The zero-order valence-corrected chi connectivity index (χ0v) is 13.0. The highest BCUT2D eigenvalue weighted by atomic mass is 19.1. The average Bonchev–Trinajstić information content (AvgIpc) is 2.38. The summed E-state index contributed by atoms with van der Waals surface area (Å²) in [4.78, 5) is 23.1. The number of rotatable bonds is 4. The predicted molar refractivity (Wildman–Crippen MR) is 77.8 cm³/mol. The van der Waals surface area contributed by atoms with Crippen molar-refractivity contribution < 1.29 is 28.6 Å². The molecule has 0 fully saturated rings. The van der Waals surface area contributed by atoms with E-state index in [1.807, 2.05) is 0 Å². The fourth-order valence-corrected chi connectivity index (χ4v) is 1.58. The number of hydrogen-bond donors (Lipinski definition) is 2. The summed E-state index contributed by atoms with van der Waals surface area (Å²) >= 11 is 0. The fraction of sp³-hybridized carbons (Fsp3) is 0.467. The van der Waals surface area contributed by atoms with Gasteiger partial charge in [0.1, 0.15) is 11.4 Å². The normalized spacial score (nSPS) is 12.5. The molecule has 0 aliphatic heterocycles. The number of carbonyl (C=O) groups is 2. The first-order valence-corrected chi connectivity index (χ1v) is 6.78. The number of esters is 1. The van der Waals surface area contributed by atoms with Crippen molar-refractivity contribution in [3.8, 4) is 0 Å². The molecule has 1 unspecified atom stereocenters. The number of benzene rings is 1. The van der Waals surface area contributed by atoms with Crippen molar-refractivity contribution in [1.82, 2.24) is 0 Å². The third-order valence-corrected chi connectivity index (χ3v) is 2.45. The Labute approximate surface area is 128 Å². The molecule has 1 atom stereocenters. The number of carbonyl (C=O) groups excluding carboxylic acids is 2. The molecule has 1 aromatic carbocycles. The molecule has 122 valence electrons. The van der Waals surface area contributed by atoms with Crippen LogP contribution in [0.3, 0.4) is 0 Å². The number of nitrogens with one attached hydrogen (secondary N) is 1. The van der Waals surface area contributed by atoms with Crippen LogP contribution in [0.4, 0.5) is 14.9 Å². The predicted octanol–water partition coefficient (Wildman–Crippen LogP) is 2.77. The second-order valence-corrected chi connectivity index (χ2v) is 5.52. The summed E-state index contributed by atoms with van der Waals surface area (Å²) in [5.41, 5.74) is -0.830. The maximum atomic E-state index is 13.7. The van der Waals surface area contributed by atoms with Gasteiger partial charge in [-0.15, -0.1) is 0 Å². The molecule has 6 nitrogen and oxygen atoms in total. The van der Waals surface area contributed by atoms with Crippen LogP contribution in [0.5, 0.6) is 0 Å². The first-order valence-electron chi connectivity index (χ1n) is 6.78. The zero-order chi connectivity index (χ0) is 16.9. The number of amides is 1. The van der Waals surface area contributed by atoms with E-state index in [0.29, 0.717) is 0 Å². The fourth-order valence-electron chi connectivity index (χ4n) is 1.58. The SMILES string of the molecule is CCOC(=O)C(O)c1ccc(F)c(NC(=O)OC(C)(C)C)c1. The molecular formula is C15H20FNO5. The number of aliphatic hydroxyl groups is 1. The zero-order valence-electron chi connectivity index (χ0n) is 13.0. The molecule has 0 aromatic heterocycles. The number of anilines is 1. The molecular weight excluding hydrogens is 293 g/mol. The first kappa shape index (κ1) is 17.9. The van der Waals surface area contributed by atoms with Crippen LogP contribution in [-0.2, 0) is 14.3 Å². The Bertz CT molecular complexity index is 553. The number of halogens is 1. The van der Waals surface area contributed by atoms with Crippen LogP contribution in [0.25, 0.3) is 0 Å². The minimum absolute atomic E-state index is 0.103. The van der Waals surface area contributed by atoms with Crippen molar-refractivity contribution in [1.29, 1.82) is 0 Å². The lowest BCUT2D eigenvalue weighted by Crippen LogP contribution is -2.27. The van der Waals surface area contributed by atoms with Crippen LogP contribution in [0, 0.1) is 5.82 Å². The van der Waals surface area contributed by atoms with E-state index in [0.717, 1.165) is 12.1 Å². The number of ether oxygens (including phenoxy) is 2. The highest BCUT2D eigenvalue weighted by Crippen LogP contribution is 2.22. The Morgan fingerprint density at radius 3 is 2.55 bits per heavy atom. The molecule has 0 bridgehead atoms. The van der Waals surface area contributed by atoms with E-state index in [-0.39, 0.29) is 17.9 Å². The topological polar surface area (TPSA) is 84.9 Å². The van der Waals surface area contributed by atoms with Gasteiger partial charge in [0.2, 0.25) is 0 Å². The molecule has 1 amide bonds. The third-order valence-electron chi connectivity index (χ3n) is 2.45. The van der Waals surface area contributed by atoms with Gasteiger partial charge >= 0.3 is 12.1 Å². The first-order chi connectivity index (χ1) is 10.1. The lowest BCUT2D eigenvalue weighted by molar-refractivity contribution is -0.153. The van der Waals surface area contributed by atoms with E-state index in [1.54, 1.807) is 27.7 Å². The van der Waals surface area contributed by atoms with Crippen LogP contribution < -0.4 is 5.32 Å². The second kappa shape index (κ2) is 7.22. The summed E-state index contributed by atoms with van der Waals surface area (Å²) in [7, 11) is 0. The minimum Gasteiger partial charge on any atom is -0.464 e. The molecule has 7 heteroatoms. The van der Waals surface area contributed by atoms with E-state index < -0.39 is 29.6 Å². The van der Waals surface area contributed by atoms with Crippen molar-refractivity contribution >= 4 is 17.7 Å². The van der Waals surface area contributed by atoms with Crippen LogP contribution in [0.2, 0.25) is 0 Å². The summed E-state index contributed by atoms with van der Waals surface area (Å²) in [6.07, 6.45) is -2.39. The highest BCUT2D eigenvalue weighted by Gasteiger charge is 2.21. The second-order valence-electron chi connectivity index (χ2n) is 5.52. The molecule has 0 radical (unpaired) electrons. The van der Waals surface area contributed by atoms with Gasteiger partial charge in [0, 0.05) is 0 Å². The molecule has 0 aliphatic carbocycles. The van der Waals surface area contributed by atoms with Gasteiger partial charge in [-0.1, -0.05) is 6.07 Å². The maximum Gasteiger partial charge on any atom is 0.412 e. The molecule has 0 aliphatic rings. The van der Waals surface area contributed by atoms with Crippen LogP contribution >= 0.6 is 0 Å². The van der Waals surface area contributed by atoms with Crippen molar-refractivity contribution in [3.05, 3.63) is 29.6 Å². The van der Waals surface area contributed by atoms with Gasteiger partial charge in [0.25, 0.3) is 0 Å². The Kier molecular flexibility index (Phi) is 5.87. The largest absolute Gasteiger partial charge is 0.464 e. The van der Waals surface area contributed by atoms with Gasteiger partial charge in [0.05, 0.1) is 12.3 Å². The third kappa shape index (κ3) is 5.33. The van der Waals surface area contributed by atoms with Crippen molar-refractivity contribution in [2.24, 2.45) is 0 Å². The van der Waals surface area contributed by atoms with Crippen molar-refractivity contribution in [3.63, 3.8) is 0 Å².